The lowest BCUT2D eigenvalue weighted by Gasteiger charge is -2.18. The summed E-state index contributed by atoms with van der Waals surface area (Å²) < 4.78 is 17.0. The number of unbranched alkanes of at least 4 members (excludes halogenated alkanes) is 53. The molecular formula is C77H144O6. The smallest absolute Gasteiger partial charge is 0.306 e. The number of ether oxygens (including phenoxy) is 3. The fraction of sp³-hybridized carbons (Fsp3) is 0.883. The molecule has 0 rings (SSSR count). The largest absolute Gasteiger partial charge is 0.462 e. The number of esters is 3. The molecule has 0 N–H and O–H groups in total. The van der Waals surface area contributed by atoms with Gasteiger partial charge >= 0.3 is 17.9 Å². The summed E-state index contributed by atoms with van der Waals surface area (Å²) in [6, 6.07) is 0. The summed E-state index contributed by atoms with van der Waals surface area (Å²) in [5, 5.41) is 0. The lowest BCUT2D eigenvalue weighted by atomic mass is 10.0. The van der Waals surface area contributed by atoms with Crippen molar-refractivity contribution in [1.29, 1.82) is 0 Å². The van der Waals surface area contributed by atoms with Gasteiger partial charge in [-0.1, -0.05) is 359 Å². The molecule has 488 valence electrons. The van der Waals surface area contributed by atoms with Crippen molar-refractivity contribution in [2.24, 2.45) is 0 Å². The van der Waals surface area contributed by atoms with Crippen molar-refractivity contribution >= 4 is 17.9 Å². The fourth-order valence-electron chi connectivity index (χ4n) is 11.5. The summed E-state index contributed by atoms with van der Waals surface area (Å²) in [6.07, 6.45) is 90.4. The molecule has 1 unspecified atom stereocenters. The van der Waals surface area contributed by atoms with Crippen LogP contribution in [0.15, 0.2) is 36.5 Å². The zero-order valence-corrected chi connectivity index (χ0v) is 56.2. The van der Waals surface area contributed by atoms with Gasteiger partial charge in [-0.25, -0.2) is 0 Å². The van der Waals surface area contributed by atoms with E-state index in [-0.39, 0.29) is 31.1 Å². The lowest BCUT2D eigenvalue weighted by molar-refractivity contribution is -0.167. The van der Waals surface area contributed by atoms with Gasteiger partial charge in [0.25, 0.3) is 0 Å². The van der Waals surface area contributed by atoms with Crippen molar-refractivity contribution in [2.75, 3.05) is 13.2 Å². The Hall–Kier alpha value is -2.37. The predicted octanol–water partition coefficient (Wildman–Crippen LogP) is 25.9. The normalized spacial score (nSPS) is 12.2. The highest BCUT2D eigenvalue weighted by Crippen LogP contribution is 2.19. The van der Waals surface area contributed by atoms with Crippen LogP contribution in [-0.2, 0) is 28.6 Å². The fourth-order valence-corrected chi connectivity index (χ4v) is 11.5. The lowest BCUT2D eigenvalue weighted by Crippen LogP contribution is -2.30. The Morgan fingerprint density at radius 2 is 0.434 bits per heavy atom. The van der Waals surface area contributed by atoms with Gasteiger partial charge in [-0.15, -0.1) is 0 Å². The van der Waals surface area contributed by atoms with Gasteiger partial charge in [0.05, 0.1) is 0 Å². The number of hydrogen-bond donors (Lipinski definition) is 0. The van der Waals surface area contributed by atoms with E-state index in [1.807, 2.05) is 0 Å². The van der Waals surface area contributed by atoms with Gasteiger partial charge in [0, 0.05) is 19.3 Å². The van der Waals surface area contributed by atoms with Crippen molar-refractivity contribution in [3.63, 3.8) is 0 Å². The van der Waals surface area contributed by atoms with Gasteiger partial charge in [-0.2, -0.15) is 0 Å². The van der Waals surface area contributed by atoms with E-state index in [0.717, 1.165) is 64.2 Å². The Bertz CT molecular complexity index is 1380. The minimum atomic E-state index is -0.772. The first-order valence-electron chi connectivity index (χ1n) is 37.5. The third kappa shape index (κ3) is 70.3. The van der Waals surface area contributed by atoms with Crippen LogP contribution in [0.25, 0.3) is 0 Å². The molecular weight excluding hydrogens is 1020 g/mol. The Balaban J connectivity index is 4.27. The minimum Gasteiger partial charge on any atom is -0.462 e. The predicted molar refractivity (Wildman–Crippen MR) is 362 cm³/mol. The van der Waals surface area contributed by atoms with E-state index in [2.05, 4.69) is 57.2 Å². The van der Waals surface area contributed by atoms with Gasteiger partial charge in [0.2, 0.25) is 0 Å². The molecule has 0 fully saturated rings. The van der Waals surface area contributed by atoms with Crippen LogP contribution in [0.5, 0.6) is 0 Å². The van der Waals surface area contributed by atoms with E-state index in [0.29, 0.717) is 19.3 Å². The molecule has 0 aliphatic heterocycles. The maximum Gasteiger partial charge on any atom is 0.306 e. The molecule has 0 aromatic heterocycles. The van der Waals surface area contributed by atoms with E-state index >= 15 is 0 Å². The van der Waals surface area contributed by atoms with Crippen LogP contribution in [0.3, 0.4) is 0 Å². The van der Waals surface area contributed by atoms with Crippen LogP contribution in [0.4, 0.5) is 0 Å². The molecule has 0 heterocycles. The van der Waals surface area contributed by atoms with E-state index in [1.54, 1.807) is 0 Å². The van der Waals surface area contributed by atoms with Crippen LogP contribution in [0, 0.1) is 0 Å². The molecule has 0 radical (unpaired) electrons. The Kier molecular flexibility index (Phi) is 70.0. The van der Waals surface area contributed by atoms with Gasteiger partial charge in [-0.3, -0.25) is 14.4 Å². The SMILES string of the molecule is CCCCCCC/C=C\C/C=C\CCCCCCCCCCCCCCCCCC(=O)OCC(COC(=O)CCCCCCCCCCCCCCCCCCCCC)OC(=O)CCCCCCCCCCC/C=C\CCCCCCCC. The molecule has 0 spiro atoms. The first kappa shape index (κ1) is 80.6. The van der Waals surface area contributed by atoms with E-state index < -0.39 is 6.10 Å². The minimum absolute atomic E-state index is 0.0667. The maximum absolute atomic E-state index is 13.0. The summed E-state index contributed by atoms with van der Waals surface area (Å²) in [7, 11) is 0. The zero-order chi connectivity index (χ0) is 59.9. The van der Waals surface area contributed by atoms with Gasteiger partial charge in [0.15, 0.2) is 6.10 Å². The van der Waals surface area contributed by atoms with E-state index in [4.69, 9.17) is 14.2 Å². The molecule has 0 saturated carbocycles. The highest BCUT2D eigenvalue weighted by molar-refractivity contribution is 5.71. The van der Waals surface area contributed by atoms with E-state index in [1.165, 1.54) is 315 Å². The molecule has 6 heteroatoms. The van der Waals surface area contributed by atoms with Crippen molar-refractivity contribution in [3.8, 4) is 0 Å². The highest BCUT2D eigenvalue weighted by atomic mass is 16.6. The van der Waals surface area contributed by atoms with Crippen molar-refractivity contribution < 1.29 is 28.6 Å². The number of allylic oxidation sites excluding steroid dienone is 6. The van der Waals surface area contributed by atoms with Crippen LogP contribution in [-0.4, -0.2) is 37.2 Å². The van der Waals surface area contributed by atoms with Gasteiger partial charge in [-0.05, 0) is 77.0 Å². The quantitative estimate of drug-likeness (QED) is 0.0261. The van der Waals surface area contributed by atoms with Crippen LogP contribution >= 0.6 is 0 Å². The molecule has 6 nitrogen and oxygen atoms in total. The third-order valence-electron chi connectivity index (χ3n) is 17.1. The number of hydrogen-bond acceptors (Lipinski definition) is 6. The summed E-state index contributed by atoms with van der Waals surface area (Å²) in [5.41, 5.74) is 0. The van der Waals surface area contributed by atoms with Crippen LogP contribution in [0.1, 0.15) is 419 Å². The molecule has 0 aromatic carbocycles. The zero-order valence-electron chi connectivity index (χ0n) is 56.2. The molecule has 83 heavy (non-hydrogen) atoms. The average Bonchev–Trinajstić information content (AvgIpc) is 3.50. The van der Waals surface area contributed by atoms with Crippen molar-refractivity contribution in [3.05, 3.63) is 36.5 Å². The summed E-state index contributed by atoms with van der Waals surface area (Å²) in [6.45, 7) is 6.71. The number of rotatable bonds is 70. The molecule has 0 aliphatic rings. The Morgan fingerprint density at radius 3 is 0.675 bits per heavy atom. The highest BCUT2D eigenvalue weighted by Gasteiger charge is 2.20. The van der Waals surface area contributed by atoms with Gasteiger partial charge in [0.1, 0.15) is 13.2 Å². The second-order valence-electron chi connectivity index (χ2n) is 25.6. The average molecular weight is 1170 g/mol. The Morgan fingerprint density at radius 1 is 0.241 bits per heavy atom. The van der Waals surface area contributed by atoms with Crippen molar-refractivity contribution in [1.82, 2.24) is 0 Å². The topological polar surface area (TPSA) is 78.9 Å². The molecule has 0 amide bonds. The molecule has 0 aliphatic carbocycles. The maximum atomic E-state index is 13.0. The monoisotopic (exact) mass is 1170 g/mol. The second-order valence-corrected chi connectivity index (χ2v) is 25.6. The first-order chi connectivity index (χ1) is 41.0. The summed E-state index contributed by atoms with van der Waals surface area (Å²) >= 11 is 0. The first-order valence-corrected chi connectivity index (χ1v) is 37.5. The summed E-state index contributed by atoms with van der Waals surface area (Å²) in [5.74, 6) is -0.835. The summed E-state index contributed by atoms with van der Waals surface area (Å²) in [4.78, 5) is 38.5. The molecule has 0 saturated heterocycles. The third-order valence-corrected chi connectivity index (χ3v) is 17.1. The standard InChI is InChI=1S/C77H144O6/c1-4-7-10-13-16-19-22-25-28-31-34-35-36-37-38-39-40-41-44-46-49-52-55-58-61-64-67-70-76(79)82-73-74(83-77(80)71-68-65-62-59-56-53-50-47-43-33-30-27-24-21-18-15-12-9-6-3)72-81-75(78)69-66-63-60-57-54-51-48-45-42-32-29-26-23-20-17-14-11-8-5-2/h22,25,27,30-31,34,74H,4-21,23-24,26,28-29,32-33,35-73H2,1-3H3/b25-22-,30-27-,34-31-. The molecule has 1 atom stereocenters. The van der Waals surface area contributed by atoms with Gasteiger partial charge < -0.3 is 14.2 Å². The molecule has 0 aromatic rings. The number of carbonyl (C=O) groups excluding carboxylic acids is 3. The second kappa shape index (κ2) is 72.1. The van der Waals surface area contributed by atoms with Crippen molar-refractivity contribution in [2.45, 2.75) is 425 Å². The van der Waals surface area contributed by atoms with Crippen LogP contribution < -0.4 is 0 Å². The Labute approximate surface area is 518 Å². The molecule has 0 bridgehead atoms. The van der Waals surface area contributed by atoms with Crippen LogP contribution in [0.2, 0.25) is 0 Å². The number of carbonyl (C=O) groups is 3. The van der Waals surface area contributed by atoms with E-state index in [9.17, 15) is 14.4 Å².